The number of pyridine rings is 2. The van der Waals surface area contributed by atoms with Gasteiger partial charge in [-0.05, 0) is 52.0 Å². The molecule has 0 radical (unpaired) electrons. The van der Waals surface area contributed by atoms with Gasteiger partial charge in [-0.1, -0.05) is 12.1 Å². The van der Waals surface area contributed by atoms with Gasteiger partial charge >= 0.3 is 11.9 Å². The van der Waals surface area contributed by atoms with Gasteiger partial charge in [0.25, 0.3) is 0 Å². The van der Waals surface area contributed by atoms with Crippen molar-refractivity contribution in [1.29, 1.82) is 0 Å². The van der Waals surface area contributed by atoms with Crippen LogP contribution in [0.2, 0.25) is 0 Å². The smallest absolute Gasteiger partial charge is 0.351 e. The first-order valence-corrected chi connectivity index (χ1v) is 15.2. The second-order valence-corrected chi connectivity index (χ2v) is 11.0. The Morgan fingerprint density at radius 1 is 0.627 bits per heavy atom. The minimum absolute atomic E-state index is 0.0545. The van der Waals surface area contributed by atoms with E-state index in [1.165, 1.54) is 31.0 Å². The Morgan fingerprint density at radius 3 is 1.49 bits per heavy atom. The van der Waals surface area contributed by atoms with Gasteiger partial charge < -0.3 is 14.7 Å². The van der Waals surface area contributed by atoms with Crippen LogP contribution >= 0.6 is 0 Å². The standard InChI is InChI=1S/C30H24N18O3/c1-15-23(27-35-17(3)43-47(27)41-15)37-39-25-19(13-33-45(25)21-9-5-7-11-31-21)29(49)51-30(50)20-14-34-46(22-10-6-8-12-32-22)26(20)40-38-24-16(2)42-48-28(24)36-18(4)44-48/h5-14H,1-4H3,(H,35,43)(H,36,44)/b39-37+,40-38+. The van der Waals surface area contributed by atoms with E-state index in [0.717, 1.165) is 0 Å². The Bertz CT molecular complexity index is 2470. The average molecular weight is 685 g/mol. The van der Waals surface area contributed by atoms with E-state index in [1.54, 1.807) is 76.5 Å². The van der Waals surface area contributed by atoms with Crippen LogP contribution in [0, 0.1) is 27.7 Å². The lowest BCUT2D eigenvalue weighted by Gasteiger charge is -2.05. The minimum Gasteiger partial charge on any atom is -0.385 e. The largest absolute Gasteiger partial charge is 0.385 e. The number of azo groups is 2. The molecule has 0 aliphatic rings. The molecule has 0 amide bonds. The van der Waals surface area contributed by atoms with Crippen LogP contribution in [0.3, 0.4) is 0 Å². The summed E-state index contributed by atoms with van der Waals surface area (Å²) in [5.41, 5.74) is 2.47. The van der Waals surface area contributed by atoms with Crippen LogP contribution in [-0.2, 0) is 4.74 Å². The van der Waals surface area contributed by atoms with Crippen molar-refractivity contribution in [3.8, 4) is 11.6 Å². The number of hydrogen-bond acceptors (Lipinski definition) is 15. The van der Waals surface area contributed by atoms with Crippen molar-refractivity contribution in [3.63, 3.8) is 0 Å². The van der Waals surface area contributed by atoms with Crippen molar-refractivity contribution in [2.24, 2.45) is 20.5 Å². The molecule has 2 N–H and O–H groups in total. The number of aromatic amines is 2. The Balaban J connectivity index is 1.16. The highest BCUT2D eigenvalue weighted by Crippen LogP contribution is 2.32. The molecular weight excluding hydrogens is 660 g/mol. The molecular formula is C30H24N18O3. The van der Waals surface area contributed by atoms with Crippen molar-refractivity contribution >= 4 is 46.2 Å². The molecule has 0 aromatic carbocycles. The number of nitrogens with zero attached hydrogens (tertiary/aromatic N) is 16. The van der Waals surface area contributed by atoms with E-state index in [4.69, 9.17) is 4.74 Å². The number of carbonyl (C=O) groups is 2. The molecule has 0 atom stereocenters. The summed E-state index contributed by atoms with van der Waals surface area (Å²) in [5.74, 6) is -0.342. The quantitative estimate of drug-likeness (QED) is 0.127. The van der Waals surface area contributed by atoms with Crippen molar-refractivity contribution in [3.05, 3.63) is 95.3 Å². The van der Waals surface area contributed by atoms with Crippen molar-refractivity contribution < 1.29 is 14.3 Å². The molecule has 0 fully saturated rings. The topological polar surface area (TPSA) is 246 Å². The first kappa shape index (κ1) is 30.7. The van der Waals surface area contributed by atoms with Gasteiger partial charge in [-0.25, -0.2) is 19.6 Å². The Morgan fingerprint density at radius 2 is 1.08 bits per heavy atom. The molecule has 0 aliphatic carbocycles. The fourth-order valence-corrected chi connectivity index (χ4v) is 5.14. The summed E-state index contributed by atoms with van der Waals surface area (Å²) in [5, 5.41) is 43.3. The molecule has 0 spiro atoms. The SMILES string of the molecule is Cc1nn2nc(C)c(/N=N/c3c(C(=O)OC(=O)c4cnn(-c5ccccn5)c4/N=N/c4c(C)nn5nc(C)[nH]c45)cnn3-c3ccccn3)c2[nH]1. The van der Waals surface area contributed by atoms with Crippen molar-refractivity contribution in [2.45, 2.75) is 27.7 Å². The molecule has 0 aliphatic heterocycles. The van der Waals surface area contributed by atoms with Gasteiger partial charge in [-0.2, -0.15) is 29.8 Å². The first-order valence-electron chi connectivity index (χ1n) is 15.2. The van der Waals surface area contributed by atoms with E-state index in [2.05, 4.69) is 71.0 Å². The Hall–Kier alpha value is -7.58. The fraction of sp³-hybridized carbons (Fsp3) is 0.133. The highest BCUT2D eigenvalue weighted by Gasteiger charge is 2.28. The maximum absolute atomic E-state index is 13.7. The summed E-state index contributed by atoms with van der Waals surface area (Å²) in [6.45, 7) is 7.03. The van der Waals surface area contributed by atoms with Gasteiger partial charge in [0.1, 0.15) is 22.8 Å². The lowest BCUT2D eigenvalue weighted by atomic mass is 10.3. The Kier molecular flexibility index (Phi) is 7.32. The number of rotatable bonds is 8. The highest BCUT2D eigenvalue weighted by atomic mass is 16.6. The number of nitrogens with one attached hydrogen (secondary N) is 2. The zero-order chi connectivity index (χ0) is 35.2. The third-order valence-electron chi connectivity index (χ3n) is 7.45. The molecule has 8 aromatic rings. The zero-order valence-electron chi connectivity index (χ0n) is 27.2. The maximum Gasteiger partial charge on any atom is 0.351 e. The third-order valence-corrected chi connectivity index (χ3v) is 7.45. The highest BCUT2D eigenvalue weighted by molar-refractivity contribution is 6.06. The molecule has 0 unspecified atom stereocenters. The van der Waals surface area contributed by atoms with Crippen LogP contribution in [0.25, 0.3) is 22.9 Å². The summed E-state index contributed by atoms with van der Waals surface area (Å²) in [6.07, 6.45) is 5.52. The average Bonchev–Trinajstić information content (AvgIpc) is 3.96. The van der Waals surface area contributed by atoms with E-state index >= 15 is 0 Å². The second kappa shape index (κ2) is 12.1. The van der Waals surface area contributed by atoms with Crippen LogP contribution in [0.15, 0.2) is 81.6 Å². The Labute approximate surface area is 284 Å². The van der Waals surface area contributed by atoms with E-state index < -0.39 is 11.9 Å². The van der Waals surface area contributed by atoms with E-state index in [1.807, 2.05) is 0 Å². The monoisotopic (exact) mass is 684 g/mol. The van der Waals surface area contributed by atoms with Gasteiger partial charge in [-0.3, -0.25) is 0 Å². The third kappa shape index (κ3) is 5.48. The van der Waals surface area contributed by atoms with E-state index in [0.29, 0.717) is 57.3 Å². The van der Waals surface area contributed by atoms with E-state index in [-0.39, 0.29) is 22.8 Å². The van der Waals surface area contributed by atoms with Gasteiger partial charge in [-0.15, -0.1) is 39.9 Å². The normalized spacial score (nSPS) is 11.9. The summed E-state index contributed by atoms with van der Waals surface area (Å²) >= 11 is 0. The summed E-state index contributed by atoms with van der Waals surface area (Å²) in [6, 6.07) is 10.3. The predicted molar refractivity (Wildman–Crippen MR) is 174 cm³/mol. The van der Waals surface area contributed by atoms with Gasteiger partial charge in [0.2, 0.25) is 0 Å². The van der Waals surface area contributed by atoms with Crippen LogP contribution in [0.1, 0.15) is 43.8 Å². The molecule has 8 aromatic heterocycles. The molecule has 0 saturated heterocycles. The van der Waals surface area contributed by atoms with Crippen LogP contribution in [0.5, 0.6) is 0 Å². The summed E-state index contributed by atoms with van der Waals surface area (Å²) in [4.78, 5) is 42.2. The second-order valence-electron chi connectivity index (χ2n) is 11.0. The lowest BCUT2D eigenvalue weighted by Crippen LogP contribution is -2.12. The van der Waals surface area contributed by atoms with Crippen LogP contribution in [0.4, 0.5) is 23.0 Å². The van der Waals surface area contributed by atoms with Gasteiger partial charge in [0.05, 0.1) is 23.8 Å². The first-order chi connectivity index (χ1) is 24.7. The summed E-state index contributed by atoms with van der Waals surface area (Å²) in [7, 11) is 0. The fourth-order valence-electron chi connectivity index (χ4n) is 5.14. The van der Waals surface area contributed by atoms with Crippen molar-refractivity contribution in [2.75, 3.05) is 0 Å². The van der Waals surface area contributed by atoms with Crippen molar-refractivity contribution in [1.82, 2.24) is 69.2 Å². The number of hydrogen-bond donors (Lipinski definition) is 2. The molecule has 8 heterocycles. The molecule has 0 bridgehead atoms. The van der Waals surface area contributed by atoms with E-state index in [9.17, 15) is 9.59 Å². The predicted octanol–water partition coefficient (Wildman–Crippen LogP) is 4.65. The molecule has 51 heavy (non-hydrogen) atoms. The van der Waals surface area contributed by atoms with Crippen LogP contribution < -0.4 is 0 Å². The maximum atomic E-state index is 13.7. The van der Waals surface area contributed by atoms with Crippen LogP contribution in [-0.4, -0.2) is 81.1 Å². The number of H-pyrrole nitrogens is 2. The molecule has 21 heteroatoms. The number of carbonyl (C=O) groups excluding carboxylic acids is 2. The zero-order valence-corrected chi connectivity index (χ0v) is 27.2. The van der Waals surface area contributed by atoms with Gasteiger partial charge in [0, 0.05) is 12.4 Å². The number of aryl methyl sites for hydroxylation is 4. The molecule has 21 nitrogen and oxygen atoms in total. The summed E-state index contributed by atoms with van der Waals surface area (Å²) < 4.78 is 10.8. The number of aromatic nitrogens is 14. The van der Waals surface area contributed by atoms with Gasteiger partial charge in [0.15, 0.2) is 45.9 Å². The molecule has 252 valence electrons. The minimum atomic E-state index is -1.07. The number of ether oxygens (including phenoxy) is 1. The number of esters is 2. The number of fused-ring (bicyclic) bond motifs is 2. The molecule has 0 saturated carbocycles. The lowest BCUT2D eigenvalue weighted by molar-refractivity contribution is 0.0399. The molecule has 8 rings (SSSR count).